The van der Waals surface area contributed by atoms with Crippen molar-refractivity contribution in [1.29, 1.82) is 0 Å². The lowest BCUT2D eigenvalue weighted by Gasteiger charge is -2.34. The number of nitrogens with one attached hydrogen (secondary N) is 2. The van der Waals surface area contributed by atoms with Crippen LogP contribution in [0.15, 0.2) is 30.3 Å². The predicted molar refractivity (Wildman–Crippen MR) is 123 cm³/mol. The molecule has 0 unspecified atom stereocenters. The lowest BCUT2D eigenvalue weighted by Crippen LogP contribution is -2.50. The molecule has 2 N–H and O–H groups in total. The van der Waals surface area contributed by atoms with Crippen molar-refractivity contribution in [1.82, 2.24) is 9.80 Å². The standard InChI is InChI=1S/C22H25ClN4O3S/c1-14-12-19(25-21(29)15-6-7-15)31-20(14)22(30)27-10-8-26(9-11-27)13-18(28)24-17-5-3-2-4-16(17)23/h2-5,12,15H,6-11,13H2,1H3,(H,24,28)(H,25,29). The van der Waals surface area contributed by atoms with Gasteiger partial charge < -0.3 is 15.5 Å². The molecule has 4 rings (SSSR count). The summed E-state index contributed by atoms with van der Waals surface area (Å²) in [6, 6.07) is 9.00. The number of nitrogens with zero attached hydrogens (tertiary/aromatic N) is 2. The van der Waals surface area contributed by atoms with E-state index in [1.807, 2.05) is 34.9 Å². The van der Waals surface area contributed by atoms with Gasteiger partial charge in [0.05, 0.1) is 27.1 Å². The number of aryl methyl sites for hydroxylation is 1. The average Bonchev–Trinajstić information content (AvgIpc) is 3.53. The van der Waals surface area contributed by atoms with Gasteiger partial charge in [-0.3, -0.25) is 19.3 Å². The molecule has 3 amide bonds. The largest absolute Gasteiger partial charge is 0.335 e. The van der Waals surface area contributed by atoms with Crippen molar-refractivity contribution >= 4 is 51.3 Å². The second-order valence-electron chi connectivity index (χ2n) is 7.98. The Morgan fingerprint density at radius 1 is 1.10 bits per heavy atom. The number of hydrogen-bond acceptors (Lipinski definition) is 5. The van der Waals surface area contributed by atoms with Gasteiger partial charge in [0, 0.05) is 32.1 Å². The second-order valence-corrected chi connectivity index (χ2v) is 9.44. The van der Waals surface area contributed by atoms with Crippen molar-refractivity contribution < 1.29 is 14.4 Å². The number of carbonyl (C=O) groups is 3. The molecule has 2 heterocycles. The molecule has 1 aliphatic carbocycles. The fraction of sp³-hybridized carbons (Fsp3) is 0.409. The van der Waals surface area contributed by atoms with Gasteiger partial charge in [-0.1, -0.05) is 23.7 Å². The summed E-state index contributed by atoms with van der Waals surface area (Å²) < 4.78 is 0. The molecule has 0 spiro atoms. The van der Waals surface area contributed by atoms with Gasteiger partial charge in [-0.15, -0.1) is 11.3 Å². The van der Waals surface area contributed by atoms with E-state index in [1.165, 1.54) is 11.3 Å². The molecular formula is C22H25ClN4O3S. The van der Waals surface area contributed by atoms with Crippen LogP contribution in [0.25, 0.3) is 0 Å². The number of thiophene rings is 1. The van der Waals surface area contributed by atoms with E-state index >= 15 is 0 Å². The molecule has 0 radical (unpaired) electrons. The lowest BCUT2D eigenvalue weighted by atomic mass is 10.2. The average molecular weight is 461 g/mol. The van der Waals surface area contributed by atoms with Crippen LogP contribution in [0.3, 0.4) is 0 Å². The minimum atomic E-state index is -0.127. The highest BCUT2D eigenvalue weighted by molar-refractivity contribution is 7.18. The van der Waals surface area contributed by atoms with Crippen molar-refractivity contribution in [2.45, 2.75) is 19.8 Å². The zero-order valence-electron chi connectivity index (χ0n) is 17.3. The molecule has 164 valence electrons. The fourth-order valence-corrected chi connectivity index (χ4v) is 4.76. The molecule has 0 atom stereocenters. The smallest absolute Gasteiger partial charge is 0.264 e. The second kappa shape index (κ2) is 9.38. The Hall–Kier alpha value is -2.42. The number of rotatable bonds is 6. The Labute approximate surface area is 190 Å². The molecule has 1 aromatic heterocycles. The van der Waals surface area contributed by atoms with Crippen LogP contribution in [-0.4, -0.2) is 60.2 Å². The number of para-hydroxylation sites is 1. The summed E-state index contributed by atoms with van der Waals surface area (Å²) in [5.74, 6) is 0.0290. The zero-order chi connectivity index (χ0) is 22.0. The van der Waals surface area contributed by atoms with Gasteiger partial charge in [0.1, 0.15) is 0 Å². The predicted octanol–water partition coefficient (Wildman–Crippen LogP) is 3.45. The molecule has 1 aromatic carbocycles. The first-order chi connectivity index (χ1) is 14.9. The Morgan fingerprint density at radius 2 is 1.81 bits per heavy atom. The SMILES string of the molecule is Cc1cc(NC(=O)C2CC2)sc1C(=O)N1CCN(CC(=O)Nc2ccccc2Cl)CC1. The quantitative estimate of drug-likeness (QED) is 0.691. The molecule has 1 saturated heterocycles. The Kier molecular flexibility index (Phi) is 6.60. The van der Waals surface area contributed by atoms with Gasteiger partial charge in [-0.25, -0.2) is 0 Å². The minimum absolute atomic E-state index is 0.0189. The normalized spacial score (nSPS) is 16.8. The summed E-state index contributed by atoms with van der Waals surface area (Å²) in [5.41, 5.74) is 1.48. The van der Waals surface area contributed by atoms with Crippen LogP contribution in [0.4, 0.5) is 10.7 Å². The van der Waals surface area contributed by atoms with Gasteiger partial charge in [-0.05, 0) is 43.5 Å². The van der Waals surface area contributed by atoms with Crippen LogP contribution in [-0.2, 0) is 9.59 Å². The molecule has 9 heteroatoms. The van der Waals surface area contributed by atoms with Gasteiger partial charge >= 0.3 is 0 Å². The third-order valence-corrected chi connectivity index (χ3v) is 6.95. The summed E-state index contributed by atoms with van der Waals surface area (Å²) in [6.45, 7) is 4.50. The molecule has 2 aliphatic rings. The molecular weight excluding hydrogens is 436 g/mol. The third kappa shape index (κ3) is 5.44. The highest BCUT2D eigenvalue weighted by Crippen LogP contribution is 2.33. The van der Waals surface area contributed by atoms with E-state index in [2.05, 4.69) is 10.6 Å². The molecule has 1 saturated carbocycles. The first kappa shape index (κ1) is 21.8. The highest BCUT2D eigenvalue weighted by atomic mass is 35.5. The third-order valence-electron chi connectivity index (χ3n) is 5.48. The summed E-state index contributed by atoms with van der Waals surface area (Å²) in [6.07, 6.45) is 1.89. The maximum atomic E-state index is 13.0. The summed E-state index contributed by atoms with van der Waals surface area (Å²) in [5, 5.41) is 6.99. The van der Waals surface area contributed by atoms with Crippen LogP contribution in [0.5, 0.6) is 0 Å². The zero-order valence-corrected chi connectivity index (χ0v) is 18.9. The molecule has 7 nitrogen and oxygen atoms in total. The number of benzene rings is 1. The fourth-order valence-electron chi connectivity index (χ4n) is 3.53. The minimum Gasteiger partial charge on any atom is -0.335 e. The molecule has 0 bridgehead atoms. The van der Waals surface area contributed by atoms with Crippen molar-refractivity contribution in [2.24, 2.45) is 5.92 Å². The maximum Gasteiger partial charge on any atom is 0.264 e. The number of amides is 3. The first-order valence-corrected chi connectivity index (χ1v) is 11.6. The monoisotopic (exact) mass is 460 g/mol. The Morgan fingerprint density at radius 3 is 2.48 bits per heavy atom. The van der Waals surface area contributed by atoms with Crippen LogP contribution in [0.1, 0.15) is 28.1 Å². The van der Waals surface area contributed by atoms with Crippen molar-refractivity contribution in [3.8, 4) is 0 Å². The molecule has 2 aromatic rings. The van der Waals surface area contributed by atoms with Crippen LogP contribution < -0.4 is 10.6 Å². The summed E-state index contributed by atoms with van der Waals surface area (Å²) in [4.78, 5) is 41.8. The van der Waals surface area contributed by atoms with E-state index in [4.69, 9.17) is 11.6 Å². The van der Waals surface area contributed by atoms with E-state index in [0.717, 1.165) is 23.4 Å². The first-order valence-electron chi connectivity index (χ1n) is 10.4. The highest BCUT2D eigenvalue weighted by Gasteiger charge is 2.31. The van der Waals surface area contributed by atoms with E-state index in [-0.39, 0.29) is 30.2 Å². The number of carbonyl (C=O) groups excluding carboxylic acids is 3. The van der Waals surface area contributed by atoms with E-state index in [0.29, 0.717) is 41.8 Å². The van der Waals surface area contributed by atoms with E-state index in [9.17, 15) is 14.4 Å². The van der Waals surface area contributed by atoms with Crippen molar-refractivity contribution in [3.63, 3.8) is 0 Å². The number of hydrogen-bond donors (Lipinski definition) is 2. The van der Waals surface area contributed by atoms with Gasteiger partial charge in [0.15, 0.2) is 0 Å². The molecule has 2 fully saturated rings. The maximum absolute atomic E-state index is 13.0. The molecule has 1 aliphatic heterocycles. The summed E-state index contributed by atoms with van der Waals surface area (Å²) >= 11 is 7.42. The lowest BCUT2D eigenvalue weighted by molar-refractivity contribution is -0.118. The number of halogens is 1. The van der Waals surface area contributed by atoms with Crippen LogP contribution in [0, 0.1) is 12.8 Å². The van der Waals surface area contributed by atoms with E-state index in [1.54, 1.807) is 12.1 Å². The summed E-state index contributed by atoms with van der Waals surface area (Å²) in [7, 11) is 0. The Bertz CT molecular complexity index is 996. The number of anilines is 2. The van der Waals surface area contributed by atoms with Gasteiger partial charge in [0.25, 0.3) is 5.91 Å². The van der Waals surface area contributed by atoms with Crippen LogP contribution in [0.2, 0.25) is 5.02 Å². The number of piperazine rings is 1. The topological polar surface area (TPSA) is 81.8 Å². The van der Waals surface area contributed by atoms with E-state index < -0.39 is 0 Å². The Balaban J connectivity index is 1.28. The van der Waals surface area contributed by atoms with Gasteiger partial charge in [0.2, 0.25) is 11.8 Å². The van der Waals surface area contributed by atoms with Crippen molar-refractivity contribution in [2.75, 3.05) is 43.4 Å². The van der Waals surface area contributed by atoms with Crippen LogP contribution >= 0.6 is 22.9 Å². The van der Waals surface area contributed by atoms with Crippen molar-refractivity contribution in [3.05, 3.63) is 45.8 Å². The van der Waals surface area contributed by atoms with Gasteiger partial charge in [-0.2, -0.15) is 0 Å². The molecule has 31 heavy (non-hydrogen) atoms.